The van der Waals surface area contributed by atoms with Crippen molar-refractivity contribution in [2.24, 2.45) is 0 Å². The second-order valence-corrected chi connectivity index (χ2v) is 5.90. The molecule has 0 saturated carbocycles. The summed E-state index contributed by atoms with van der Waals surface area (Å²) < 4.78 is 11.4. The van der Waals surface area contributed by atoms with Crippen LogP contribution in [0.4, 0.5) is 0 Å². The Bertz CT molecular complexity index is 654. The van der Waals surface area contributed by atoms with E-state index in [4.69, 9.17) is 9.47 Å². The van der Waals surface area contributed by atoms with Crippen LogP contribution in [-0.2, 0) is 27.3 Å². The lowest BCUT2D eigenvalue weighted by Gasteiger charge is -2.32. The van der Waals surface area contributed by atoms with Gasteiger partial charge in [-0.2, -0.15) is 0 Å². The van der Waals surface area contributed by atoms with Gasteiger partial charge >= 0.3 is 0 Å². The molecule has 2 aromatic heterocycles. The van der Waals surface area contributed by atoms with Crippen LogP contribution in [0.25, 0.3) is 0 Å². The molecule has 0 bridgehead atoms. The van der Waals surface area contributed by atoms with E-state index >= 15 is 0 Å². The first-order valence-corrected chi connectivity index (χ1v) is 8.45. The molecule has 1 aliphatic heterocycles. The van der Waals surface area contributed by atoms with Gasteiger partial charge < -0.3 is 14.8 Å². The van der Waals surface area contributed by atoms with Crippen molar-refractivity contribution >= 4 is 5.91 Å². The number of rotatable bonds is 7. The number of aryl methyl sites for hydroxylation is 1. The maximum atomic E-state index is 12.2. The third-order valence-electron chi connectivity index (χ3n) is 4.05. The van der Waals surface area contributed by atoms with Gasteiger partial charge in [-0.05, 0) is 25.0 Å². The zero-order valence-electron chi connectivity index (χ0n) is 14.0. The molecule has 0 aliphatic carbocycles. The van der Waals surface area contributed by atoms with Gasteiger partial charge in [0, 0.05) is 37.8 Å². The number of carbonyl (C=O) groups excluding carboxylic acids is 1. The van der Waals surface area contributed by atoms with Gasteiger partial charge in [0.2, 0.25) is 5.91 Å². The Labute approximate surface area is 146 Å². The molecule has 0 spiro atoms. The first-order chi connectivity index (χ1) is 12.3. The number of amides is 1. The largest absolute Gasteiger partial charge is 0.379 e. The number of hydrogen-bond acceptors (Lipinski definition) is 6. The van der Waals surface area contributed by atoms with Crippen LogP contribution in [0.3, 0.4) is 0 Å². The normalized spacial score (nSPS) is 20.2. The quantitative estimate of drug-likeness (QED) is 0.816. The number of pyridine rings is 1. The summed E-state index contributed by atoms with van der Waals surface area (Å²) in [6, 6.07) is 5.66. The number of carbonyl (C=O) groups is 1. The molecule has 0 aromatic carbocycles. The van der Waals surface area contributed by atoms with E-state index in [2.05, 4.69) is 20.3 Å². The van der Waals surface area contributed by atoms with Crippen LogP contribution in [0.15, 0.2) is 43.0 Å². The van der Waals surface area contributed by atoms with Gasteiger partial charge in [-0.15, -0.1) is 0 Å². The number of nitrogens with one attached hydrogen (secondary N) is 1. The van der Waals surface area contributed by atoms with Crippen LogP contribution in [0.1, 0.15) is 24.2 Å². The molecular weight excluding hydrogens is 320 g/mol. The van der Waals surface area contributed by atoms with Gasteiger partial charge in [0.15, 0.2) is 0 Å². The number of nitrogens with zero attached hydrogens (tertiary/aromatic N) is 3. The Morgan fingerprint density at radius 1 is 1.24 bits per heavy atom. The molecule has 3 heterocycles. The summed E-state index contributed by atoms with van der Waals surface area (Å²) in [7, 11) is 0. The van der Waals surface area contributed by atoms with E-state index < -0.39 is 0 Å². The summed E-state index contributed by atoms with van der Waals surface area (Å²) in [4.78, 5) is 24.7. The predicted octanol–water partition coefficient (Wildman–Crippen LogP) is 1.29. The Hall–Kier alpha value is -2.38. The first kappa shape index (κ1) is 17.4. The first-order valence-electron chi connectivity index (χ1n) is 8.45. The standard InChI is InChI=1S/C18H22N4O3/c23-18(5-4-14-11-19-8-9-21-14)22-16-6-10-24-13-17(16)25-12-15-3-1-2-7-20-15/h1-3,7-9,11,16-17H,4-6,10,12-13H2,(H,22,23)/t16-,17-/m1/s1. The van der Waals surface area contributed by atoms with Crippen molar-refractivity contribution in [3.8, 4) is 0 Å². The lowest BCUT2D eigenvalue weighted by molar-refractivity contribution is -0.126. The summed E-state index contributed by atoms with van der Waals surface area (Å²) in [5.74, 6) is -0.0102. The Balaban J connectivity index is 1.47. The van der Waals surface area contributed by atoms with E-state index in [9.17, 15) is 4.79 Å². The van der Waals surface area contributed by atoms with Crippen molar-refractivity contribution < 1.29 is 14.3 Å². The lowest BCUT2D eigenvalue weighted by Crippen LogP contribution is -2.50. The molecule has 1 fully saturated rings. The topological polar surface area (TPSA) is 86.2 Å². The molecule has 7 nitrogen and oxygen atoms in total. The molecule has 2 atom stereocenters. The molecule has 1 saturated heterocycles. The molecule has 1 N–H and O–H groups in total. The average molecular weight is 342 g/mol. The van der Waals surface area contributed by atoms with Crippen molar-refractivity contribution in [1.29, 1.82) is 0 Å². The van der Waals surface area contributed by atoms with Crippen molar-refractivity contribution in [3.63, 3.8) is 0 Å². The van der Waals surface area contributed by atoms with E-state index in [-0.39, 0.29) is 18.1 Å². The van der Waals surface area contributed by atoms with Crippen molar-refractivity contribution in [3.05, 3.63) is 54.4 Å². The highest BCUT2D eigenvalue weighted by Gasteiger charge is 2.28. The number of ether oxygens (including phenoxy) is 2. The minimum atomic E-state index is -0.170. The van der Waals surface area contributed by atoms with E-state index in [1.54, 1.807) is 24.8 Å². The molecule has 1 amide bonds. The monoisotopic (exact) mass is 342 g/mol. The highest BCUT2D eigenvalue weighted by molar-refractivity contribution is 5.76. The number of aromatic nitrogens is 3. The molecule has 0 radical (unpaired) electrons. The van der Waals surface area contributed by atoms with Gasteiger partial charge in [0.25, 0.3) is 0 Å². The van der Waals surface area contributed by atoms with Crippen LogP contribution < -0.4 is 5.32 Å². The third-order valence-corrected chi connectivity index (χ3v) is 4.05. The molecule has 0 unspecified atom stereocenters. The van der Waals surface area contributed by atoms with Crippen LogP contribution in [-0.4, -0.2) is 46.2 Å². The minimum absolute atomic E-state index is 0.0102. The maximum Gasteiger partial charge on any atom is 0.220 e. The fourth-order valence-corrected chi connectivity index (χ4v) is 2.70. The van der Waals surface area contributed by atoms with Gasteiger partial charge in [0.1, 0.15) is 6.10 Å². The minimum Gasteiger partial charge on any atom is -0.379 e. The maximum absolute atomic E-state index is 12.2. The van der Waals surface area contributed by atoms with Crippen LogP contribution in [0.2, 0.25) is 0 Å². The van der Waals surface area contributed by atoms with E-state index in [0.717, 1.165) is 17.8 Å². The molecule has 3 rings (SSSR count). The molecule has 25 heavy (non-hydrogen) atoms. The zero-order chi connectivity index (χ0) is 17.3. The zero-order valence-corrected chi connectivity index (χ0v) is 14.0. The Morgan fingerprint density at radius 3 is 2.96 bits per heavy atom. The second kappa shape index (κ2) is 9.19. The van der Waals surface area contributed by atoms with Crippen molar-refractivity contribution in [2.75, 3.05) is 13.2 Å². The van der Waals surface area contributed by atoms with E-state index in [1.165, 1.54) is 0 Å². The van der Waals surface area contributed by atoms with Gasteiger partial charge in [0.05, 0.1) is 30.6 Å². The van der Waals surface area contributed by atoms with Crippen LogP contribution in [0.5, 0.6) is 0 Å². The van der Waals surface area contributed by atoms with Gasteiger partial charge in [-0.25, -0.2) is 0 Å². The highest BCUT2D eigenvalue weighted by Crippen LogP contribution is 2.14. The van der Waals surface area contributed by atoms with E-state index in [1.807, 2.05) is 18.2 Å². The fourth-order valence-electron chi connectivity index (χ4n) is 2.70. The summed E-state index contributed by atoms with van der Waals surface area (Å²) in [6.45, 7) is 1.50. The Kier molecular flexibility index (Phi) is 6.42. The van der Waals surface area contributed by atoms with Crippen LogP contribution >= 0.6 is 0 Å². The summed E-state index contributed by atoms with van der Waals surface area (Å²) in [6.07, 6.45) is 8.19. The summed E-state index contributed by atoms with van der Waals surface area (Å²) in [5.41, 5.74) is 1.67. The highest BCUT2D eigenvalue weighted by atomic mass is 16.5. The lowest BCUT2D eigenvalue weighted by atomic mass is 10.1. The average Bonchev–Trinajstić information content (AvgIpc) is 2.67. The molecule has 132 valence electrons. The SMILES string of the molecule is O=C(CCc1cnccn1)N[C@@H]1CCOC[C@H]1OCc1ccccn1. The number of hydrogen-bond donors (Lipinski definition) is 1. The smallest absolute Gasteiger partial charge is 0.220 e. The summed E-state index contributed by atoms with van der Waals surface area (Å²) >= 11 is 0. The Morgan fingerprint density at radius 2 is 2.16 bits per heavy atom. The molecular formula is C18H22N4O3. The van der Waals surface area contributed by atoms with E-state index in [0.29, 0.717) is 32.7 Å². The predicted molar refractivity (Wildman–Crippen MR) is 90.5 cm³/mol. The van der Waals surface area contributed by atoms with Gasteiger partial charge in [-0.3, -0.25) is 19.7 Å². The third kappa shape index (κ3) is 5.58. The second-order valence-electron chi connectivity index (χ2n) is 5.90. The van der Waals surface area contributed by atoms with Crippen molar-refractivity contribution in [2.45, 2.75) is 38.0 Å². The summed E-state index contributed by atoms with van der Waals surface area (Å²) in [5, 5.41) is 3.06. The molecule has 1 aliphatic rings. The van der Waals surface area contributed by atoms with Gasteiger partial charge in [-0.1, -0.05) is 6.07 Å². The fraction of sp³-hybridized carbons (Fsp3) is 0.444. The molecule has 2 aromatic rings. The molecule has 7 heteroatoms. The van der Waals surface area contributed by atoms with Crippen molar-refractivity contribution in [1.82, 2.24) is 20.3 Å². The van der Waals surface area contributed by atoms with Crippen LogP contribution in [0, 0.1) is 0 Å².